The Morgan fingerprint density at radius 2 is 1.67 bits per heavy atom. The number of carbonyl (C=O) groups is 2. The molecule has 0 heterocycles. The molecule has 0 bridgehead atoms. The molecule has 144 valence electrons. The molecule has 1 amide bonds. The molecule has 1 N–H and O–H groups in total. The third-order valence-electron chi connectivity index (χ3n) is 3.79. The fourth-order valence-corrected chi connectivity index (χ4v) is 2.56. The lowest BCUT2D eigenvalue weighted by atomic mass is 9.97. The van der Waals surface area contributed by atoms with Gasteiger partial charge in [-0.15, -0.1) is 0 Å². The summed E-state index contributed by atoms with van der Waals surface area (Å²) in [4.78, 5) is 23.9. The van der Waals surface area contributed by atoms with Crippen molar-refractivity contribution in [1.82, 2.24) is 5.32 Å². The molecule has 2 rings (SSSR count). The van der Waals surface area contributed by atoms with Crippen molar-refractivity contribution in [1.29, 1.82) is 0 Å². The molecule has 0 fully saturated rings. The van der Waals surface area contributed by atoms with E-state index in [1.165, 1.54) is 18.2 Å². The molecule has 2 aromatic carbocycles. The van der Waals surface area contributed by atoms with Gasteiger partial charge < -0.3 is 14.8 Å². The van der Waals surface area contributed by atoms with Gasteiger partial charge in [-0.25, -0.2) is 9.18 Å². The Morgan fingerprint density at radius 3 is 2.33 bits per heavy atom. The van der Waals surface area contributed by atoms with Crippen LogP contribution in [-0.2, 0) is 14.3 Å². The smallest absolute Gasteiger partial charge is 0.344 e. The number of para-hydroxylation sites is 1. The van der Waals surface area contributed by atoms with Crippen LogP contribution in [0.5, 0.6) is 5.75 Å². The van der Waals surface area contributed by atoms with Gasteiger partial charge in [0.25, 0.3) is 5.91 Å². The van der Waals surface area contributed by atoms with Crippen molar-refractivity contribution in [3.63, 3.8) is 0 Å². The van der Waals surface area contributed by atoms with E-state index >= 15 is 0 Å². The van der Waals surface area contributed by atoms with Crippen LogP contribution in [0.15, 0.2) is 54.6 Å². The number of nitrogens with one attached hydrogen (secondary N) is 1. The molecular formula is C21H24FNO4. The molecule has 0 unspecified atom stereocenters. The summed E-state index contributed by atoms with van der Waals surface area (Å²) in [5, 5.41) is 2.89. The van der Waals surface area contributed by atoms with Gasteiger partial charge in [0.1, 0.15) is 0 Å². The third-order valence-corrected chi connectivity index (χ3v) is 3.79. The number of hydrogen-bond donors (Lipinski definition) is 1. The Hall–Kier alpha value is -2.89. The number of benzene rings is 2. The predicted octanol–water partition coefficient (Wildman–Crippen LogP) is 3.65. The lowest BCUT2D eigenvalue weighted by Gasteiger charge is -2.21. The summed E-state index contributed by atoms with van der Waals surface area (Å²) < 4.78 is 23.4. The van der Waals surface area contributed by atoms with Crippen molar-refractivity contribution in [3.05, 3.63) is 66.0 Å². The van der Waals surface area contributed by atoms with E-state index in [-0.39, 0.29) is 11.8 Å². The van der Waals surface area contributed by atoms with Crippen molar-refractivity contribution in [3.8, 4) is 5.75 Å². The van der Waals surface area contributed by atoms with Gasteiger partial charge in [-0.2, -0.15) is 0 Å². The van der Waals surface area contributed by atoms with E-state index in [9.17, 15) is 14.0 Å². The van der Waals surface area contributed by atoms with Crippen LogP contribution in [0.3, 0.4) is 0 Å². The lowest BCUT2D eigenvalue weighted by molar-refractivity contribution is -0.150. The largest absolute Gasteiger partial charge is 0.479 e. The Balaban J connectivity index is 1.81. The summed E-state index contributed by atoms with van der Waals surface area (Å²) in [6.07, 6.45) is 0.764. The zero-order valence-corrected chi connectivity index (χ0v) is 15.5. The summed E-state index contributed by atoms with van der Waals surface area (Å²) in [6.45, 7) is 3.26. The van der Waals surface area contributed by atoms with Crippen LogP contribution < -0.4 is 10.1 Å². The Labute approximate surface area is 158 Å². The molecule has 1 atom stereocenters. The maximum absolute atomic E-state index is 13.4. The number of halogens is 1. The monoisotopic (exact) mass is 373 g/mol. The first-order valence-electron chi connectivity index (χ1n) is 8.83. The van der Waals surface area contributed by atoms with E-state index in [4.69, 9.17) is 9.47 Å². The second-order valence-electron chi connectivity index (χ2n) is 6.54. The fraction of sp³-hybridized carbons (Fsp3) is 0.333. The maximum Gasteiger partial charge on any atom is 0.344 e. The molecule has 5 nitrogen and oxygen atoms in total. The first-order chi connectivity index (χ1) is 13.0. The average Bonchev–Trinajstić information content (AvgIpc) is 2.65. The normalized spacial score (nSPS) is 11.7. The minimum absolute atomic E-state index is 0.0417. The first kappa shape index (κ1) is 20.4. The van der Waals surface area contributed by atoms with Gasteiger partial charge >= 0.3 is 5.97 Å². The number of hydrogen-bond acceptors (Lipinski definition) is 4. The SMILES string of the molecule is CC(C)C[C@@H](NC(=O)COC(=O)COc1ccccc1F)c1ccccc1. The summed E-state index contributed by atoms with van der Waals surface area (Å²) in [5.74, 6) is -1.37. The van der Waals surface area contributed by atoms with Crippen LogP contribution >= 0.6 is 0 Å². The molecule has 0 aliphatic rings. The van der Waals surface area contributed by atoms with Crippen molar-refractivity contribution < 1.29 is 23.5 Å². The van der Waals surface area contributed by atoms with Crippen LogP contribution in [0, 0.1) is 11.7 Å². The van der Waals surface area contributed by atoms with Crippen molar-refractivity contribution in [2.75, 3.05) is 13.2 Å². The highest BCUT2D eigenvalue weighted by Gasteiger charge is 2.17. The van der Waals surface area contributed by atoms with Crippen LogP contribution in [0.2, 0.25) is 0 Å². The van der Waals surface area contributed by atoms with Gasteiger partial charge in [-0.1, -0.05) is 56.3 Å². The molecule has 27 heavy (non-hydrogen) atoms. The topological polar surface area (TPSA) is 64.6 Å². The van der Waals surface area contributed by atoms with Crippen LogP contribution in [-0.4, -0.2) is 25.1 Å². The van der Waals surface area contributed by atoms with Gasteiger partial charge in [-0.3, -0.25) is 4.79 Å². The number of carbonyl (C=O) groups excluding carboxylic acids is 2. The summed E-state index contributed by atoms with van der Waals surface area (Å²) >= 11 is 0. The minimum Gasteiger partial charge on any atom is -0.479 e. The Morgan fingerprint density at radius 1 is 1.00 bits per heavy atom. The molecular weight excluding hydrogens is 349 g/mol. The average molecular weight is 373 g/mol. The van der Waals surface area contributed by atoms with Crippen LogP contribution in [0.4, 0.5) is 4.39 Å². The minimum atomic E-state index is -0.742. The quantitative estimate of drug-likeness (QED) is 0.682. The number of ether oxygens (including phenoxy) is 2. The van der Waals surface area contributed by atoms with Gasteiger partial charge in [0.05, 0.1) is 6.04 Å². The van der Waals surface area contributed by atoms with Crippen LogP contribution in [0.1, 0.15) is 31.9 Å². The van der Waals surface area contributed by atoms with Crippen molar-refractivity contribution >= 4 is 11.9 Å². The highest BCUT2D eigenvalue weighted by atomic mass is 19.1. The van der Waals surface area contributed by atoms with Gasteiger partial charge in [0.15, 0.2) is 24.8 Å². The second-order valence-corrected chi connectivity index (χ2v) is 6.54. The molecule has 2 aromatic rings. The molecule has 0 spiro atoms. The van der Waals surface area contributed by atoms with E-state index in [2.05, 4.69) is 19.2 Å². The highest BCUT2D eigenvalue weighted by Crippen LogP contribution is 2.21. The summed E-state index contributed by atoms with van der Waals surface area (Å²) in [6, 6.07) is 15.2. The predicted molar refractivity (Wildman–Crippen MR) is 99.6 cm³/mol. The first-order valence-corrected chi connectivity index (χ1v) is 8.83. The van der Waals surface area contributed by atoms with E-state index in [1.807, 2.05) is 30.3 Å². The van der Waals surface area contributed by atoms with Crippen molar-refractivity contribution in [2.45, 2.75) is 26.3 Å². The molecule has 0 radical (unpaired) electrons. The summed E-state index contributed by atoms with van der Waals surface area (Å²) in [5.41, 5.74) is 0.994. The van der Waals surface area contributed by atoms with Gasteiger partial charge in [-0.05, 0) is 30.0 Å². The maximum atomic E-state index is 13.4. The van der Waals surface area contributed by atoms with Gasteiger partial charge in [0, 0.05) is 0 Å². The van der Waals surface area contributed by atoms with Crippen molar-refractivity contribution in [2.24, 2.45) is 5.92 Å². The number of amides is 1. The molecule has 0 saturated heterocycles. The molecule has 0 saturated carbocycles. The third kappa shape index (κ3) is 7.09. The van der Waals surface area contributed by atoms with Crippen LogP contribution in [0.25, 0.3) is 0 Å². The Kier molecular flexibility index (Phi) is 7.79. The van der Waals surface area contributed by atoms with E-state index < -0.39 is 30.9 Å². The standard InChI is InChI=1S/C21H24FNO4/c1-15(2)12-18(16-8-4-3-5-9-16)23-20(24)13-27-21(25)14-26-19-11-7-6-10-17(19)22/h3-11,15,18H,12-14H2,1-2H3,(H,23,24)/t18-/m1/s1. The zero-order valence-electron chi connectivity index (χ0n) is 15.5. The second kappa shape index (κ2) is 10.3. The zero-order chi connectivity index (χ0) is 19.6. The van der Waals surface area contributed by atoms with E-state index in [0.29, 0.717) is 5.92 Å². The van der Waals surface area contributed by atoms with E-state index in [0.717, 1.165) is 12.0 Å². The Bertz CT molecular complexity index is 749. The molecule has 6 heteroatoms. The molecule has 0 aliphatic carbocycles. The highest BCUT2D eigenvalue weighted by molar-refractivity contribution is 5.81. The van der Waals surface area contributed by atoms with E-state index in [1.54, 1.807) is 6.07 Å². The molecule has 0 aliphatic heterocycles. The lowest BCUT2D eigenvalue weighted by Crippen LogP contribution is -2.33. The number of esters is 1. The van der Waals surface area contributed by atoms with Gasteiger partial charge in [0.2, 0.25) is 0 Å². The summed E-state index contributed by atoms with van der Waals surface area (Å²) in [7, 11) is 0. The fourth-order valence-electron chi connectivity index (χ4n) is 2.56. The number of rotatable bonds is 9. The molecule has 0 aromatic heterocycles.